The summed E-state index contributed by atoms with van der Waals surface area (Å²) in [7, 11) is 0. The van der Waals surface area contributed by atoms with Gasteiger partial charge in [-0.05, 0) is 31.2 Å². The van der Waals surface area contributed by atoms with Gasteiger partial charge in [-0.3, -0.25) is 4.79 Å². The molecule has 6 nitrogen and oxygen atoms in total. The second-order valence-electron chi connectivity index (χ2n) is 5.93. The first kappa shape index (κ1) is 17.3. The van der Waals surface area contributed by atoms with Gasteiger partial charge in [0.15, 0.2) is 4.80 Å². The fraction of sp³-hybridized carbons (Fsp3) is 0.158. The summed E-state index contributed by atoms with van der Waals surface area (Å²) >= 11 is 1.33. The largest absolute Gasteiger partial charge is 0.319 e. The molecule has 2 heterocycles. The van der Waals surface area contributed by atoms with Gasteiger partial charge < -0.3 is 4.57 Å². The first-order valence-electron chi connectivity index (χ1n) is 8.45. The number of halogens is 1. The number of carbonyl (C=O) groups excluding carboxylic acids is 1. The molecule has 136 valence electrons. The topological polar surface area (TPSA) is 65.1 Å². The lowest BCUT2D eigenvalue weighted by Crippen LogP contribution is -2.17. The van der Waals surface area contributed by atoms with Crippen LogP contribution in [0, 0.1) is 5.82 Å². The van der Waals surface area contributed by atoms with E-state index >= 15 is 0 Å². The minimum Gasteiger partial charge on any atom is -0.319 e. The van der Waals surface area contributed by atoms with Crippen LogP contribution in [0.15, 0.2) is 59.0 Å². The molecule has 2 aromatic carbocycles. The Bertz CT molecular complexity index is 1190. The number of benzene rings is 2. The van der Waals surface area contributed by atoms with Crippen LogP contribution in [-0.2, 0) is 13.1 Å². The quantitative estimate of drug-likeness (QED) is 0.545. The summed E-state index contributed by atoms with van der Waals surface area (Å²) in [5, 5.41) is 9.96. The maximum Gasteiger partial charge on any atom is 0.279 e. The van der Waals surface area contributed by atoms with Gasteiger partial charge in [0.05, 0.1) is 12.1 Å². The molecule has 0 aliphatic carbocycles. The highest BCUT2D eigenvalue weighted by Crippen LogP contribution is 2.14. The highest BCUT2D eigenvalue weighted by Gasteiger charge is 2.10. The predicted molar refractivity (Wildman–Crippen MR) is 101 cm³/mol. The van der Waals surface area contributed by atoms with Crippen LogP contribution in [0.5, 0.6) is 0 Å². The van der Waals surface area contributed by atoms with Crippen LogP contribution >= 0.6 is 11.3 Å². The zero-order valence-corrected chi connectivity index (χ0v) is 15.4. The van der Waals surface area contributed by atoms with E-state index in [1.165, 1.54) is 17.4 Å². The molecule has 4 rings (SSSR count). The van der Waals surface area contributed by atoms with Crippen LogP contribution in [0.2, 0.25) is 0 Å². The summed E-state index contributed by atoms with van der Waals surface area (Å²) in [6.45, 7) is 3.00. The van der Waals surface area contributed by atoms with Gasteiger partial charge in [-0.2, -0.15) is 4.99 Å². The molecule has 0 saturated carbocycles. The summed E-state index contributed by atoms with van der Waals surface area (Å²) in [6.07, 6.45) is 1.79. The van der Waals surface area contributed by atoms with Gasteiger partial charge in [-0.1, -0.05) is 23.4 Å². The van der Waals surface area contributed by atoms with Gasteiger partial charge in [0.1, 0.15) is 11.3 Å². The van der Waals surface area contributed by atoms with E-state index in [1.54, 1.807) is 45.8 Å². The standard InChI is InChI=1S/C19H16FN5OS/c1-2-25-17-8-7-13(11-16(17)22-23-25)18(26)21-19-24(9-10-27-19)12-14-5-3-4-6-15(14)20/h3-11H,2,12H2,1H3. The van der Waals surface area contributed by atoms with Gasteiger partial charge >= 0.3 is 0 Å². The lowest BCUT2D eigenvalue weighted by atomic mass is 10.2. The molecule has 4 aromatic rings. The summed E-state index contributed by atoms with van der Waals surface area (Å²) in [5.74, 6) is -0.648. The molecular weight excluding hydrogens is 365 g/mol. The van der Waals surface area contributed by atoms with Gasteiger partial charge in [-0.15, -0.1) is 16.4 Å². The van der Waals surface area contributed by atoms with Crippen molar-refractivity contribution in [3.8, 4) is 0 Å². The minimum atomic E-state index is -0.368. The average Bonchev–Trinajstić information content (AvgIpc) is 3.29. The van der Waals surface area contributed by atoms with Crippen molar-refractivity contribution in [2.75, 3.05) is 0 Å². The zero-order valence-electron chi connectivity index (χ0n) is 14.5. The van der Waals surface area contributed by atoms with Crippen molar-refractivity contribution in [2.24, 2.45) is 4.99 Å². The molecule has 0 radical (unpaired) electrons. The van der Waals surface area contributed by atoms with Crippen LogP contribution < -0.4 is 4.80 Å². The second-order valence-corrected chi connectivity index (χ2v) is 6.80. The Morgan fingerprint density at radius 1 is 1.26 bits per heavy atom. The van der Waals surface area contributed by atoms with E-state index in [-0.39, 0.29) is 11.7 Å². The molecule has 8 heteroatoms. The Morgan fingerprint density at radius 2 is 2.11 bits per heavy atom. The molecule has 0 aliphatic rings. The van der Waals surface area contributed by atoms with E-state index in [9.17, 15) is 9.18 Å². The Morgan fingerprint density at radius 3 is 2.93 bits per heavy atom. The van der Waals surface area contributed by atoms with Crippen molar-refractivity contribution >= 4 is 28.3 Å². The summed E-state index contributed by atoms with van der Waals surface area (Å²) < 4.78 is 17.4. The Balaban J connectivity index is 1.65. The number of fused-ring (bicyclic) bond motifs is 1. The number of thiazole rings is 1. The molecule has 27 heavy (non-hydrogen) atoms. The number of amides is 1. The van der Waals surface area contributed by atoms with Crippen LogP contribution in [-0.4, -0.2) is 25.5 Å². The Kier molecular flexibility index (Phi) is 4.64. The van der Waals surface area contributed by atoms with E-state index in [1.807, 2.05) is 18.4 Å². The van der Waals surface area contributed by atoms with Crippen molar-refractivity contribution in [3.05, 3.63) is 75.8 Å². The van der Waals surface area contributed by atoms with Crippen molar-refractivity contribution < 1.29 is 9.18 Å². The smallest absolute Gasteiger partial charge is 0.279 e. The van der Waals surface area contributed by atoms with Crippen LogP contribution in [0.1, 0.15) is 22.8 Å². The average molecular weight is 381 g/mol. The molecule has 0 spiro atoms. The van der Waals surface area contributed by atoms with Crippen molar-refractivity contribution in [1.82, 2.24) is 19.6 Å². The third-order valence-corrected chi connectivity index (χ3v) is 5.01. The normalized spacial score (nSPS) is 12.0. The SMILES string of the molecule is CCn1nnc2cc(C(=O)N=c3sccn3Cc3ccccc3F)ccc21. The van der Waals surface area contributed by atoms with E-state index in [0.717, 1.165) is 5.52 Å². The number of aryl methyl sites for hydroxylation is 1. The second kappa shape index (κ2) is 7.24. The monoisotopic (exact) mass is 381 g/mol. The molecule has 0 saturated heterocycles. The van der Waals surface area contributed by atoms with E-state index in [4.69, 9.17) is 0 Å². The van der Waals surface area contributed by atoms with Gasteiger partial charge in [0.25, 0.3) is 5.91 Å². The first-order chi connectivity index (χ1) is 13.2. The molecule has 2 aromatic heterocycles. The van der Waals surface area contributed by atoms with Gasteiger partial charge in [-0.25, -0.2) is 9.07 Å². The number of hydrogen-bond donors (Lipinski definition) is 0. The molecular formula is C19H16FN5OS. The Hall–Kier alpha value is -3.13. The first-order valence-corrected chi connectivity index (χ1v) is 9.33. The number of aromatic nitrogens is 4. The molecule has 0 atom stereocenters. The van der Waals surface area contributed by atoms with E-state index < -0.39 is 0 Å². The molecule has 0 bridgehead atoms. The lowest BCUT2D eigenvalue weighted by Gasteiger charge is -2.04. The molecule has 1 amide bonds. The van der Waals surface area contributed by atoms with Gasteiger partial charge in [0.2, 0.25) is 0 Å². The van der Waals surface area contributed by atoms with Crippen LogP contribution in [0.25, 0.3) is 11.0 Å². The number of carbonyl (C=O) groups is 1. The number of hydrogen-bond acceptors (Lipinski definition) is 4. The third kappa shape index (κ3) is 3.43. The summed E-state index contributed by atoms with van der Waals surface area (Å²) in [4.78, 5) is 17.3. The Labute approximate surface area is 158 Å². The number of nitrogens with zero attached hydrogens (tertiary/aromatic N) is 5. The molecule has 0 fully saturated rings. The summed E-state index contributed by atoms with van der Waals surface area (Å²) in [5.41, 5.74) is 2.52. The number of rotatable bonds is 4. The highest BCUT2D eigenvalue weighted by molar-refractivity contribution is 7.07. The fourth-order valence-electron chi connectivity index (χ4n) is 2.81. The zero-order chi connectivity index (χ0) is 18.8. The van der Waals surface area contributed by atoms with Crippen molar-refractivity contribution in [3.63, 3.8) is 0 Å². The maximum atomic E-state index is 13.9. The van der Waals surface area contributed by atoms with Crippen molar-refractivity contribution in [1.29, 1.82) is 0 Å². The fourth-order valence-corrected chi connectivity index (χ4v) is 3.53. The van der Waals surface area contributed by atoms with E-state index in [2.05, 4.69) is 15.3 Å². The lowest BCUT2D eigenvalue weighted by molar-refractivity contribution is 0.0998. The predicted octanol–water partition coefficient (Wildman–Crippen LogP) is 3.24. The van der Waals surface area contributed by atoms with Gasteiger partial charge in [0, 0.05) is 29.2 Å². The van der Waals surface area contributed by atoms with Crippen LogP contribution in [0.4, 0.5) is 4.39 Å². The third-order valence-electron chi connectivity index (χ3n) is 4.22. The highest BCUT2D eigenvalue weighted by atomic mass is 32.1. The van der Waals surface area contributed by atoms with E-state index in [0.29, 0.717) is 34.5 Å². The minimum absolute atomic E-state index is 0.280. The van der Waals surface area contributed by atoms with Crippen LogP contribution in [0.3, 0.4) is 0 Å². The summed E-state index contributed by atoms with van der Waals surface area (Å²) in [6, 6.07) is 11.8. The maximum absolute atomic E-state index is 13.9. The van der Waals surface area contributed by atoms with Crippen molar-refractivity contribution in [2.45, 2.75) is 20.0 Å². The molecule has 0 aliphatic heterocycles. The molecule has 0 N–H and O–H groups in total. The molecule has 0 unspecified atom stereocenters.